The van der Waals surface area contributed by atoms with E-state index in [9.17, 15) is 4.79 Å². The highest BCUT2D eigenvalue weighted by atomic mass is 32.1. The van der Waals surface area contributed by atoms with Gasteiger partial charge in [0.15, 0.2) is 0 Å². The van der Waals surface area contributed by atoms with E-state index in [4.69, 9.17) is 5.11 Å². The molecule has 4 heteroatoms. The maximum atomic E-state index is 12.4. The number of carbonyl (C=O) groups is 1. The summed E-state index contributed by atoms with van der Waals surface area (Å²) in [7, 11) is 0. The Bertz CT molecular complexity index is 470. The largest absolute Gasteiger partial charge is 0.384 e. The first-order valence-corrected chi connectivity index (χ1v) is 7.50. The Morgan fingerprint density at radius 1 is 1.37 bits per heavy atom. The smallest absolute Gasteiger partial charge is 0.263 e. The third-order valence-electron chi connectivity index (χ3n) is 3.58. The highest BCUT2D eigenvalue weighted by Gasteiger charge is 2.27. The zero-order valence-corrected chi connectivity index (χ0v) is 12.6. The minimum Gasteiger partial charge on any atom is -0.384 e. The zero-order chi connectivity index (χ0) is 14.3. The Balaban J connectivity index is 2.92. The van der Waals surface area contributed by atoms with Gasteiger partial charge in [0.1, 0.15) is 11.5 Å². The molecule has 0 aliphatic rings. The fourth-order valence-electron chi connectivity index (χ4n) is 2.03. The topological polar surface area (TPSA) is 49.3 Å². The van der Waals surface area contributed by atoms with Crippen molar-refractivity contribution in [3.05, 3.63) is 21.9 Å². The monoisotopic (exact) mass is 279 g/mol. The Labute approximate surface area is 119 Å². The van der Waals surface area contributed by atoms with Crippen LogP contribution in [-0.2, 0) is 0 Å². The molecule has 1 aromatic rings. The Kier molecular flexibility index (Phi) is 6.07. The van der Waals surface area contributed by atoms with Gasteiger partial charge in [-0.15, -0.1) is 11.3 Å². The van der Waals surface area contributed by atoms with Crippen molar-refractivity contribution < 1.29 is 9.90 Å². The number of hydrogen-bond donors (Lipinski definition) is 2. The summed E-state index contributed by atoms with van der Waals surface area (Å²) in [5.74, 6) is 5.33. The van der Waals surface area contributed by atoms with Crippen molar-refractivity contribution >= 4 is 17.2 Å². The maximum Gasteiger partial charge on any atom is 0.263 e. The van der Waals surface area contributed by atoms with Gasteiger partial charge in [0.2, 0.25) is 0 Å². The van der Waals surface area contributed by atoms with E-state index in [-0.39, 0.29) is 18.1 Å². The van der Waals surface area contributed by atoms with E-state index in [1.807, 2.05) is 11.4 Å². The Hall–Kier alpha value is -1.31. The van der Waals surface area contributed by atoms with Crippen molar-refractivity contribution in [1.29, 1.82) is 0 Å². The third kappa shape index (κ3) is 3.82. The standard InChI is InChI=1S/C15H21NO2S/c1-4-15(5-2,6-3)16-14(18)13-12(8-7-10-17)9-11-19-13/h9,11,17H,4-6,10H2,1-3H3,(H,16,18). The van der Waals surface area contributed by atoms with Gasteiger partial charge in [-0.25, -0.2) is 0 Å². The van der Waals surface area contributed by atoms with Crippen LogP contribution < -0.4 is 5.32 Å². The SMILES string of the molecule is CCC(CC)(CC)NC(=O)c1sccc1C#CCO. The fourth-order valence-corrected chi connectivity index (χ4v) is 2.78. The van der Waals surface area contributed by atoms with Crippen LogP contribution in [-0.4, -0.2) is 23.2 Å². The van der Waals surface area contributed by atoms with Gasteiger partial charge >= 0.3 is 0 Å². The van der Waals surface area contributed by atoms with Crippen LogP contribution in [0.5, 0.6) is 0 Å². The first-order chi connectivity index (χ1) is 9.12. The molecule has 3 nitrogen and oxygen atoms in total. The predicted molar refractivity (Wildman–Crippen MR) is 79.4 cm³/mol. The number of amides is 1. The van der Waals surface area contributed by atoms with Crippen LogP contribution in [0.15, 0.2) is 11.4 Å². The zero-order valence-electron chi connectivity index (χ0n) is 11.7. The van der Waals surface area contributed by atoms with Crippen LogP contribution in [0.2, 0.25) is 0 Å². The van der Waals surface area contributed by atoms with Crippen LogP contribution in [0.1, 0.15) is 55.3 Å². The summed E-state index contributed by atoms with van der Waals surface area (Å²) in [4.78, 5) is 13.0. The number of carbonyl (C=O) groups excluding carboxylic acids is 1. The normalized spacial score (nSPS) is 10.7. The lowest BCUT2D eigenvalue weighted by molar-refractivity contribution is 0.0892. The van der Waals surface area contributed by atoms with Gasteiger partial charge in [0.05, 0.1) is 0 Å². The van der Waals surface area contributed by atoms with E-state index in [1.54, 1.807) is 0 Å². The van der Waals surface area contributed by atoms with E-state index < -0.39 is 0 Å². The summed E-state index contributed by atoms with van der Waals surface area (Å²) in [5, 5.41) is 13.7. The number of nitrogens with one attached hydrogen (secondary N) is 1. The molecule has 1 aromatic heterocycles. The lowest BCUT2D eigenvalue weighted by Gasteiger charge is -2.31. The van der Waals surface area contributed by atoms with Crippen molar-refractivity contribution in [3.8, 4) is 11.8 Å². The molecule has 104 valence electrons. The van der Waals surface area contributed by atoms with Crippen LogP contribution in [0.3, 0.4) is 0 Å². The molecule has 19 heavy (non-hydrogen) atoms. The highest BCUT2D eigenvalue weighted by Crippen LogP contribution is 2.22. The maximum absolute atomic E-state index is 12.4. The third-order valence-corrected chi connectivity index (χ3v) is 4.50. The molecule has 2 N–H and O–H groups in total. The summed E-state index contributed by atoms with van der Waals surface area (Å²) < 4.78 is 0. The summed E-state index contributed by atoms with van der Waals surface area (Å²) in [6, 6.07) is 1.81. The minimum absolute atomic E-state index is 0.0669. The second kappa shape index (κ2) is 7.32. The molecule has 0 aliphatic heterocycles. The predicted octanol–water partition coefficient (Wildman–Crippen LogP) is 2.79. The molecule has 0 spiro atoms. The van der Waals surface area contributed by atoms with Crippen molar-refractivity contribution in [1.82, 2.24) is 5.32 Å². The molecule has 0 saturated heterocycles. The Morgan fingerprint density at radius 2 is 2.00 bits per heavy atom. The molecule has 1 rings (SSSR count). The average Bonchev–Trinajstić information content (AvgIpc) is 2.91. The first-order valence-electron chi connectivity index (χ1n) is 6.62. The molecular formula is C15H21NO2S. The molecule has 0 aliphatic carbocycles. The first kappa shape index (κ1) is 15.7. The van der Waals surface area contributed by atoms with Crippen molar-refractivity contribution in [2.75, 3.05) is 6.61 Å². The summed E-state index contributed by atoms with van der Waals surface area (Å²) in [6.45, 7) is 6.08. The van der Waals surface area contributed by atoms with Crippen LogP contribution in [0.25, 0.3) is 0 Å². The van der Waals surface area contributed by atoms with Crippen molar-refractivity contribution in [2.45, 2.75) is 45.6 Å². The number of aliphatic hydroxyl groups is 1. The second-order valence-corrected chi connectivity index (χ2v) is 5.33. The summed E-state index contributed by atoms with van der Waals surface area (Å²) in [6.07, 6.45) is 2.73. The molecule has 0 radical (unpaired) electrons. The van der Waals surface area contributed by atoms with Gasteiger partial charge in [-0.2, -0.15) is 0 Å². The number of thiophene rings is 1. The average molecular weight is 279 g/mol. The molecule has 1 amide bonds. The van der Waals surface area contributed by atoms with Gasteiger partial charge in [-0.05, 0) is 30.7 Å². The molecule has 0 unspecified atom stereocenters. The van der Waals surface area contributed by atoms with Crippen molar-refractivity contribution in [2.24, 2.45) is 0 Å². The van der Waals surface area contributed by atoms with Crippen LogP contribution in [0.4, 0.5) is 0 Å². The number of aliphatic hydroxyl groups excluding tert-OH is 1. The summed E-state index contributed by atoms with van der Waals surface area (Å²) in [5.41, 5.74) is 0.553. The molecule has 0 bridgehead atoms. The molecular weight excluding hydrogens is 258 g/mol. The van der Waals surface area contributed by atoms with Crippen molar-refractivity contribution in [3.63, 3.8) is 0 Å². The molecule has 0 atom stereocenters. The van der Waals surface area contributed by atoms with Gasteiger partial charge in [-0.3, -0.25) is 4.79 Å². The van der Waals surface area contributed by atoms with E-state index in [0.29, 0.717) is 10.4 Å². The minimum atomic E-state index is -0.195. The Morgan fingerprint density at radius 3 is 2.53 bits per heavy atom. The summed E-state index contributed by atoms with van der Waals surface area (Å²) >= 11 is 1.38. The second-order valence-electron chi connectivity index (χ2n) is 4.42. The van der Waals surface area contributed by atoms with Gasteiger partial charge in [-0.1, -0.05) is 32.6 Å². The van der Waals surface area contributed by atoms with Crippen LogP contribution >= 0.6 is 11.3 Å². The quantitative estimate of drug-likeness (QED) is 0.814. The van der Waals surface area contributed by atoms with E-state index in [1.165, 1.54) is 11.3 Å². The van der Waals surface area contributed by atoms with Gasteiger partial charge in [0, 0.05) is 11.1 Å². The van der Waals surface area contributed by atoms with E-state index >= 15 is 0 Å². The lowest BCUT2D eigenvalue weighted by Crippen LogP contribution is -2.47. The van der Waals surface area contributed by atoms with Gasteiger partial charge < -0.3 is 10.4 Å². The molecule has 1 heterocycles. The van der Waals surface area contributed by atoms with Gasteiger partial charge in [0.25, 0.3) is 5.91 Å². The number of rotatable bonds is 5. The molecule has 0 aromatic carbocycles. The molecule has 0 fully saturated rings. The van der Waals surface area contributed by atoms with Crippen LogP contribution in [0, 0.1) is 11.8 Å². The fraction of sp³-hybridized carbons (Fsp3) is 0.533. The van der Waals surface area contributed by atoms with E-state index in [2.05, 4.69) is 37.9 Å². The van der Waals surface area contributed by atoms with E-state index in [0.717, 1.165) is 19.3 Å². The molecule has 0 saturated carbocycles. The lowest BCUT2D eigenvalue weighted by atomic mass is 9.89. The highest BCUT2D eigenvalue weighted by molar-refractivity contribution is 7.12. The number of hydrogen-bond acceptors (Lipinski definition) is 3.